The average molecular weight is 426 g/mol. The van der Waals surface area contributed by atoms with Gasteiger partial charge in [-0.1, -0.05) is 31.9 Å². The van der Waals surface area contributed by atoms with E-state index >= 15 is 0 Å². The van der Waals surface area contributed by atoms with Crippen molar-refractivity contribution in [2.75, 3.05) is 27.3 Å². The Hall–Kier alpha value is -2.01. The van der Waals surface area contributed by atoms with Crippen molar-refractivity contribution >= 4 is 5.97 Å². The number of allylic oxidation sites excluding steroid dienone is 1. The number of rotatable bonds is 4. The quantitative estimate of drug-likeness (QED) is 0.529. The van der Waals surface area contributed by atoms with Crippen LogP contribution in [-0.4, -0.2) is 44.3 Å². The highest BCUT2D eigenvalue weighted by Crippen LogP contribution is 2.54. The summed E-state index contributed by atoms with van der Waals surface area (Å²) >= 11 is 0. The van der Waals surface area contributed by atoms with Crippen LogP contribution in [0, 0.1) is 23.2 Å². The minimum atomic E-state index is -0.0575. The van der Waals surface area contributed by atoms with Crippen LogP contribution < -0.4 is 9.47 Å². The number of ether oxygens (including phenoxy) is 3. The second-order valence-corrected chi connectivity index (χ2v) is 10.3. The van der Waals surface area contributed by atoms with Crippen molar-refractivity contribution in [1.29, 1.82) is 0 Å². The van der Waals surface area contributed by atoms with Gasteiger partial charge in [-0.05, 0) is 60.3 Å². The second kappa shape index (κ2) is 7.84. The Bertz CT molecular complexity index is 909. The van der Waals surface area contributed by atoms with E-state index in [9.17, 15) is 4.79 Å². The molecule has 5 heteroatoms. The molecule has 1 aromatic carbocycles. The maximum Gasteiger partial charge on any atom is 0.311 e. The molecular formula is C26H35NO4. The predicted molar refractivity (Wildman–Crippen MR) is 119 cm³/mol. The Kier molecular flexibility index (Phi) is 5.28. The molecule has 5 rings (SSSR count). The van der Waals surface area contributed by atoms with Crippen molar-refractivity contribution in [3.63, 3.8) is 0 Å². The van der Waals surface area contributed by atoms with Gasteiger partial charge in [-0.2, -0.15) is 0 Å². The van der Waals surface area contributed by atoms with Crippen LogP contribution in [0.5, 0.6) is 11.5 Å². The Labute approximate surface area is 185 Å². The van der Waals surface area contributed by atoms with Crippen molar-refractivity contribution in [1.82, 2.24) is 4.90 Å². The van der Waals surface area contributed by atoms with E-state index in [4.69, 9.17) is 14.2 Å². The van der Waals surface area contributed by atoms with E-state index < -0.39 is 0 Å². The highest BCUT2D eigenvalue weighted by Gasteiger charge is 2.52. The molecule has 1 saturated heterocycles. The fraction of sp³-hybridized carbons (Fsp3) is 0.654. The van der Waals surface area contributed by atoms with Crippen LogP contribution >= 0.6 is 0 Å². The Morgan fingerprint density at radius 3 is 2.68 bits per heavy atom. The smallest absolute Gasteiger partial charge is 0.311 e. The number of methoxy groups -OCH3 is 2. The third-order valence-electron chi connectivity index (χ3n) is 8.33. The minimum Gasteiger partial charge on any atom is -0.493 e. The number of hydrogen-bond donors (Lipinski definition) is 0. The van der Waals surface area contributed by atoms with Gasteiger partial charge < -0.3 is 14.2 Å². The molecule has 168 valence electrons. The zero-order valence-corrected chi connectivity index (χ0v) is 19.3. The van der Waals surface area contributed by atoms with E-state index in [1.165, 1.54) is 30.4 Å². The number of carbonyl (C=O) groups is 1. The first kappa shape index (κ1) is 20.9. The predicted octanol–water partition coefficient (Wildman–Crippen LogP) is 4.38. The number of nitrogens with zero attached hydrogens (tertiary/aromatic N) is 1. The fourth-order valence-corrected chi connectivity index (χ4v) is 6.63. The average Bonchev–Trinajstić information content (AvgIpc) is 3.04. The molecule has 0 unspecified atom stereocenters. The molecule has 1 aromatic rings. The normalized spacial score (nSPS) is 34.8. The number of benzene rings is 1. The molecule has 2 heterocycles. The molecule has 2 fully saturated rings. The summed E-state index contributed by atoms with van der Waals surface area (Å²) in [5.74, 6) is 2.35. The molecule has 5 atom stereocenters. The summed E-state index contributed by atoms with van der Waals surface area (Å²) in [4.78, 5) is 15.3. The third-order valence-corrected chi connectivity index (χ3v) is 8.33. The van der Waals surface area contributed by atoms with Crippen LogP contribution in [0.4, 0.5) is 0 Å². The number of hydrogen-bond acceptors (Lipinski definition) is 5. The highest BCUT2D eigenvalue weighted by atomic mass is 16.6. The minimum absolute atomic E-state index is 0.000131. The maximum atomic E-state index is 12.9. The van der Waals surface area contributed by atoms with Gasteiger partial charge in [-0.25, -0.2) is 0 Å². The Balaban J connectivity index is 1.35. The van der Waals surface area contributed by atoms with E-state index in [-0.39, 0.29) is 29.3 Å². The standard InChI is InChI=1S/C26H35NO4/c1-16-6-5-8-26(2)13-24-19(12-21(16)26)20(25(28)31-24)15-27-9-7-17-10-22(29-3)23(30-4)11-18(17)14-27/h10-12,16,19-20,24H,5-9,13-15H2,1-4H3/t16-,19+,20-,24+,26+/m0/s1. The molecule has 1 saturated carbocycles. The first-order valence-corrected chi connectivity index (χ1v) is 11.8. The molecule has 0 N–H and O–H groups in total. The summed E-state index contributed by atoms with van der Waals surface area (Å²) in [5.41, 5.74) is 4.38. The SMILES string of the molecule is COc1cc2c(cc1OC)CN(C[C@@H]1C(=O)O[C@@H]3C[C@@]4(C)CCC[C@H](C)C4=C[C@H]13)CC2. The molecule has 0 bridgehead atoms. The van der Waals surface area contributed by atoms with Gasteiger partial charge in [0.2, 0.25) is 0 Å². The van der Waals surface area contributed by atoms with Crippen LogP contribution in [0.3, 0.4) is 0 Å². The summed E-state index contributed by atoms with van der Waals surface area (Å²) < 4.78 is 16.9. The van der Waals surface area contributed by atoms with Gasteiger partial charge in [0.05, 0.1) is 20.1 Å². The molecule has 2 aliphatic carbocycles. The van der Waals surface area contributed by atoms with E-state index in [1.54, 1.807) is 19.8 Å². The summed E-state index contributed by atoms with van der Waals surface area (Å²) in [7, 11) is 3.36. The van der Waals surface area contributed by atoms with E-state index in [1.807, 2.05) is 0 Å². The van der Waals surface area contributed by atoms with Gasteiger partial charge in [0.1, 0.15) is 6.10 Å². The Morgan fingerprint density at radius 1 is 1.19 bits per heavy atom. The lowest BCUT2D eigenvalue weighted by molar-refractivity contribution is -0.145. The lowest BCUT2D eigenvalue weighted by Crippen LogP contribution is -2.41. The molecule has 31 heavy (non-hydrogen) atoms. The second-order valence-electron chi connectivity index (χ2n) is 10.3. The van der Waals surface area contributed by atoms with E-state index in [2.05, 4.69) is 37.0 Å². The molecular weight excluding hydrogens is 390 g/mol. The topological polar surface area (TPSA) is 48.0 Å². The number of fused-ring (bicyclic) bond motifs is 3. The highest BCUT2D eigenvalue weighted by molar-refractivity contribution is 5.76. The molecule has 0 radical (unpaired) electrons. The van der Waals surface area contributed by atoms with Crippen LogP contribution in [-0.2, 0) is 22.5 Å². The summed E-state index contributed by atoms with van der Waals surface area (Å²) in [6, 6.07) is 4.19. The summed E-state index contributed by atoms with van der Waals surface area (Å²) in [5, 5.41) is 0. The van der Waals surface area contributed by atoms with E-state index in [0.29, 0.717) is 5.92 Å². The molecule has 2 aliphatic heterocycles. The van der Waals surface area contributed by atoms with Crippen LogP contribution in [0.1, 0.15) is 50.7 Å². The summed E-state index contributed by atoms with van der Waals surface area (Å²) in [6.45, 7) is 7.30. The molecule has 0 spiro atoms. The summed E-state index contributed by atoms with van der Waals surface area (Å²) in [6.07, 6.45) is 8.25. The largest absolute Gasteiger partial charge is 0.493 e. The maximum absolute atomic E-state index is 12.9. The van der Waals surface area contributed by atoms with Crippen LogP contribution in [0.15, 0.2) is 23.8 Å². The lowest BCUT2D eigenvalue weighted by atomic mass is 9.59. The van der Waals surface area contributed by atoms with Crippen LogP contribution in [0.2, 0.25) is 0 Å². The number of esters is 1. The third kappa shape index (κ3) is 3.55. The van der Waals surface area contributed by atoms with Crippen molar-refractivity contribution in [2.45, 2.75) is 58.6 Å². The zero-order valence-electron chi connectivity index (χ0n) is 19.3. The van der Waals surface area contributed by atoms with Gasteiger partial charge in [0, 0.05) is 25.6 Å². The fourth-order valence-electron chi connectivity index (χ4n) is 6.63. The van der Waals surface area contributed by atoms with Gasteiger partial charge >= 0.3 is 5.97 Å². The van der Waals surface area contributed by atoms with Gasteiger partial charge in [0.15, 0.2) is 11.5 Å². The first-order chi connectivity index (χ1) is 14.9. The Morgan fingerprint density at radius 2 is 1.94 bits per heavy atom. The molecule has 4 aliphatic rings. The monoisotopic (exact) mass is 425 g/mol. The van der Waals surface area contributed by atoms with Crippen LogP contribution in [0.25, 0.3) is 0 Å². The molecule has 0 aromatic heterocycles. The van der Waals surface area contributed by atoms with Gasteiger partial charge in [-0.15, -0.1) is 0 Å². The molecule has 5 nitrogen and oxygen atoms in total. The van der Waals surface area contributed by atoms with Crippen molar-refractivity contribution in [3.8, 4) is 11.5 Å². The van der Waals surface area contributed by atoms with Gasteiger partial charge in [0.25, 0.3) is 0 Å². The molecule has 0 amide bonds. The van der Waals surface area contributed by atoms with Gasteiger partial charge in [-0.3, -0.25) is 9.69 Å². The first-order valence-electron chi connectivity index (χ1n) is 11.8. The number of carbonyl (C=O) groups excluding carboxylic acids is 1. The van der Waals surface area contributed by atoms with Crippen molar-refractivity contribution in [2.24, 2.45) is 23.2 Å². The van der Waals surface area contributed by atoms with Crippen molar-refractivity contribution in [3.05, 3.63) is 34.9 Å². The lowest BCUT2D eigenvalue weighted by Gasteiger charge is -2.46. The van der Waals surface area contributed by atoms with Crippen molar-refractivity contribution < 1.29 is 19.0 Å². The zero-order chi connectivity index (χ0) is 21.8. The van der Waals surface area contributed by atoms with E-state index in [0.717, 1.165) is 44.0 Å².